The summed E-state index contributed by atoms with van der Waals surface area (Å²) in [6.07, 6.45) is 3.52. The second-order valence-electron chi connectivity index (χ2n) is 5.21. The largest absolute Gasteiger partial charge is 0.493 e. The Hall–Kier alpha value is -2.16. The van der Waals surface area contributed by atoms with Crippen LogP contribution in [0.5, 0.6) is 5.75 Å². The number of aromatic nitrogens is 1. The summed E-state index contributed by atoms with van der Waals surface area (Å²) >= 11 is 0. The second kappa shape index (κ2) is 6.33. The molecule has 0 aliphatic carbocycles. The topological polar surface area (TPSA) is 39.2 Å². The van der Waals surface area contributed by atoms with Crippen LogP contribution in [0.1, 0.15) is 31.1 Å². The highest BCUT2D eigenvalue weighted by molar-refractivity contribution is 5.98. The van der Waals surface area contributed by atoms with Crippen molar-refractivity contribution in [3.63, 3.8) is 0 Å². The first-order chi connectivity index (χ1) is 9.58. The quantitative estimate of drug-likeness (QED) is 0.770. The first kappa shape index (κ1) is 14.3. The van der Waals surface area contributed by atoms with Crippen LogP contribution in [-0.2, 0) is 0 Å². The third-order valence-corrected chi connectivity index (χ3v) is 2.93. The van der Waals surface area contributed by atoms with E-state index in [0.29, 0.717) is 23.8 Å². The number of rotatable bonds is 5. The Balaban J connectivity index is 2.35. The maximum Gasteiger partial charge on any atom is 0.163 e. The van der Waals surface area contributed by atoms with Crippen LogP contribution in [0.4, 0.5) is 0 Å². The predicted molar refractivity (Wildman–Crippen MR) is 80.0 cm³/mol. The molecule has 0 aliphatic rings. The lowest BCUT2D eigenvalue weighted by Gasteiger charge is -2.13. The van der Waals surface area contributed by atoms with Crippen molar-refractivity contribution in [3.8, 4) is 16.9 Å². The summed E-state index contributed by atoms with van der Waals surface area (Å²) in [6, 6.07) is 9.54. The van der Waals surface area contributed by atoms with E-state index >= 15 is 0 Å². The Morgan fingerprint density at radius 2 is 2.05 bits per heavy atom. The molecule has 1 heterocycles. The van der Waals surface area contributed by atoms with Gasteiger partial charge >= 0.3 is 0 Å². The molecule has 1 aromatic carbocycles. The summed E-state index contributed by atoms with van der Waals surface area (Å²) in [5.74, 6) is 1.08. The van der Waals surface area contributed by atoms with Gasteiger partial charge in [-0.15, -0.1) is 0 Å². The van der Waals surface area contributed by atoms with E-state index in [9.17, 15) is 4.79 Å². The average molecular weight is 269 g/mol. The third-order valence-electron chi connectivity index (χ3n) is 2.93. The highest BCUT2D eigenvalue weighted by Crippen LogP contribution is 2.27. The second-order valence-corrected chi connectivity index (χ2v) is 5.21. The highest BCUT2D eigenvalue weighted by atomic mass is 16.5. The van der Waals surface area contributed by atoms with Gasteiger partial charge in [0.2, 0.25) is 0 Å². The standard InChI is InChI=1S/C17H19NO2/c1-12(2)11-20-17-7-6-14(9-16(17)13(3)19)15-5-4-8-18-10-15/h4-10,12H,11H2,1-3H3. The SMILES string of the molecule is CC(=O)c1cc(-c2cccnc2)ccc1OCC(C)C. The molecule has 0 atom stereocenters. The number of carbonyl (C=O) groups excluding carboxylic acids is 1. The van der Waals surface area contributed by atoms with Crippen molar-refractivity contribution in [1.82, 2.24) is 4.98 Å². The molecule has 0 fully saturated rings. The van der Waals surface area contributed by atoms with E-state index in [-0.39, 0.29) is 5.78 Å². The fourth-order valence-electron chi connectivity index (χ4n) is 1.90. The number of hydrogen-bond acceptors (Lipinski definition) is 3. The first-order valence-electron chi connectivity index (χ1n) is 6.76. The molecule has 0 radical (unpaired) electrons. The fraction of sp³-hybridized carbons (Fsp3) is 0.294. The summed E-state index contributed by atoms with van der Waals surface area (Å²) < 4.78 is 5.71. The zero-order valence-corrected chi connectivity index (χ0v) is 12.1. The number of pyridine rings is 1. The Morgan fingerprint density at radius 3 is 2.65 bits per heavy atom. The van der Waals surface area contributed by atoms with Gasteiger partial charge < -0.3 is 4.74 Å². The van der Waals surface area contributed by atoms with Crippen LogP contribution in [0.2, 0.25) is 0 Å². The van der Waals surface area contributed by atoms with Crippen LogP contribution in [0.25, 0.3) is 11.1 Å². The molecule has 0 saturated heterocycles. The molecule has 0 spiro atoms. The number of benzene rings is 1. The van der Waals surface area contributed by atoms with Gasteiger partial charge in [0.05, 0.1) is 12.2 Å². The summed E-state index contributed by atoms with van der Waals surface area (Å²) in [5, 5.41) is 0. The zero-order chi connectivity index (χ0) is 14.5. The van der Waals surface area contributed by atoms with E-state index in [1.807, 2.05) is 30.3 Å². The molecule has 0 bridgehead atoms. The molecule has 104 valence electrons. The lowest BCUT2D eigenvalue weighted by atomic mass is 10.0. The molecular weight excluding hydrogens is 250 g/mol. The van der Waals surface area contributed by atoms with Gasteiger partial charge in [0.1, 0.15) is 5.75 Å². The van der Waals surface area contributed by atoms with E-state index in [4.69, 9.17) is 4.74 Å². The molecular formula is C17H19NO2. The lowest BCUT2D eigenvalue weighted by Crippen LogP contribution is -2.07. The molecule has 3 nitrogen and oxygen atoms in total. The van der Waals surface area contributed by atoms with Crippen LogP contribution in [0, 0.1) is 5.92 Å². The normalized spacial score (nSPS) is 10.6. The monoisotopic (exact) mass is 269 g/mol. The minimum atomic E-state index is 0.00879. The molecule has 2 rings (SSSR count). The van der Waals surface area contributed by atoms with Gasteiger partial charge in [0.25, 0.3) is 0 Å². The molecule has 0 amide bonds. The molecule has 0 saturated carbocycles. The Labute approximate surface area is 119 Å². The van der Waals surface area contributed by atoms with E-state index in [2.05, 4.69) is 18.8 Å². The maximum atomic E-state index is 11.8. The van der Waals surface area contributed by atoms with Crippen LogP contribution >= 0.6 is 0 Å². The average Bonchev–Trinajstić information content (AvgIpc) is 2.45. The smallest absolute Gasteiger partial charge is 0.163 e. The lowest BCUT2D eigenvalue weighted by molar-refractivity contribution is 0.101. The molecule has 2 aromatic rings. The van der Waals surface area contributed by atoms with Crippen LogP contribution in [-0.4, -0.2) is 17.4 Å². The number of carbonyl (C=O) groups is 1. The van der Waals surface area contributed by atoms with Crippen molar-refractivity contribution in [2.75, 3.05) is 6.61 Å². The molecule has 20 heavy (non-hydrogen) atoms. The summed E-state index contributed by atoms with van der Waals surface area (Å²) in [6.45, 7) is 6.33. The van der Waals surface area contributed by atoms with Gasteiger partial charge in [-0.1, -0.05) is 26.0 Å². The fourth-order valence-corrected chi connectivity index (χ4v) is 1.90. The summed E-state index contributed by atoms with van der Waals surface area (Å²) in [5.41, 5.74) is 2.58. The van der Waals surface area contributed by atoms with Gasteiger partial charge in [-0.25, -0.2) is 0 Å². The number of Topliss-reactive ketones (excluding diaryl/α,β-unsaturated/α-hetero) is 1. The van der Waals surface area contributed by atoms with E-state index in [0.717, 1.165) is 11.1 Å². The number of nitrogens with zero attached hydrogens (tertiary/aromatic N) is 1. The predicted octanol–water partition coefficient (Wildman–Crippen LogP) is 3.99. The molecule has 3 heteroatoms. The molecule has 0 unspecified atom stereocenters. The molecule has 1 aromatic heterocycles. The van der Waals surface area contributed by atoms with Crippen LogP contribution in [0.3, 0.4) is 0 Å². The molecule has 0 N–H and O–H groups in total. The third kappa shape index (κ3) is 3.44. The van der Waals surface area contributed by atoms with E-state index < -0.39 is 0 Å². The van der Waals surface area contributed by atoms with Crippen molar-refractivity contribution >= 4 is 5.78 Å². The number of hydrogen-bond donors (Lipinski definition) is 0. The van der Waals surface area contributed by atoms with Crippen LogP contribution < -0.4 is 4.74 Å². The maximum absolute atomic E-state index is 11.8. The summed E-state index contributed by atoms with van der Waals surface area (Å²) in [7, 11) is 0. The van der Waals surface area contributed by atoms with Crippen molar-refractivity contribution in [2.24, 2.45) is 5.92 Å². The highest BCUT2D eigenvalue weighted by Gasteiger charge is 2.11. The van der Waals surface area contributed by atoms with Crippen molar-refractivity contribution in [3.05, 3.63) is 48.3 Å². The van der Waals surface area contributed by atoms with Gasteiger partial charge in [-0.3, -0.25) is 9.78 Å². The minimum Gasteiger partial charge on any atom is -0.493 e. The minimum absolute atomic E-state index is 0.00879. The number of ether oxygens (including phenoxy) is 1. The van der Waals surface area contributed by atoms with Crippen molar-refractivity contribution in [2.45, 2.75) is 20.8 Å². The summed E-state index contributed by atoms with van der Waals surface area (Å²) in [4.78, 5) is 15.9. The van der Waals surface area contributed by atoms with Crippen molar-refractivity contribution < 1.29 is 9.53 Å². The van der Waals surface area contributed by atoms with Gasteiger partial charge in [0, 0.05) is 18.0 Å². The van der Waals surface area contributed by atoms with Gasteiger partial charge in [0.15, 0.2) is 5.78 Å². The Morgan fingerprint density at radius 1 is 1.25 bits per heavy atom. The Kier molecular flexibility index (Phi) is 4.51. The first-order valence-corrected chi connectivity index (χ1v) is 6.76. The zero-order valence-electron chi connectivity index (χ0n) is 12.1. The molecule has 0 aliphatic heterocycles. The number of ketones is 1. The van der Waals surface area contributed by atoms with Gasteiger partial charge in [-0.05, 0) is 36.6 Å². The van der Waals surface area contributed by atoms with E-state index in [1.165, 1.54) is 0 Å². The Bertz CT molecular complexity index is 591. The van der Waals surface area contributed by atoms with Gasteiger partial charge in [-0.2, -0.15) is 0 Å². The van der Waals surface area contributed by atoms with E-state index in [1.54, 1.807) is 19.3 Å². The van der Waals surface area contributed by atoms with Crippen molar-refractivity contribution in [1.29, 1.82) is 0 Å². The van der Waals surface area contributed by atoms with Crippen LogP contribution in [0.15, 0.2) is 42.7 Å².